The van der Waals surface area contributed by atoms with Crippen LogP contribution in [-0.4, -0.2) is 12.1 Å². The Balaban J connectivity index is 2.54. The van der Waals surface area contributed by atoms with E-state index >= 15 is 0 Å². The van der Waals surface area contributed by atoms with Gasteiger partial charge in [-0.2, -0.15) is 0 Å². The van der Waals surface area contributed by atoms with Gasteiger partial charge in [0.2, 0.25) is 0 Å². The third-order valence-corrected chi connectivity index (χ3v) is 2.33. The number of nitrogens with two attached hydrogens (primary N) is 2. The van der Waals surface area contributed by atoms with Gasteiger partial charge in [-0.25, -0.2) is 4.99 Å². The molecule has 0 aromatic heterocycles. The van der Waals surface area contributed by atoms with Gasteiger partial charge in [0, 0.05) is 15.7 Å². The van der Waals surface area contributed by atoms with Gasteiger partial charge in [-0.05, 0) is 18.2 Å². The van der Waals surface area contributed by atoms with Crippen LogP contribution < -0.4 is 16.8 Å². The first-order chi connectivity index (χ1) is 6.16. The van der Waals surface area contributed by atoms with Crippen LogP contribution in [0.5, 0.6) is 0 Å². The molecule has 1 aliphatic rings. The maximum absolute atomic E-state index is 5.71. The molecule has 5 heteroatoms. The Kier molecular flexibility index (Phi) is 1.97. The molecule has 1 heterocycles. The number of aliphatic imine (C=N–C) groups is 1. The van der Waals surface area contributed by atoms with Crippen molar-refractivity contribution in [1.82, 2.24) is 0 Å². The summed E-state index contributed by atoms with van der Waals surface area (Å²) < 4.78 is 0.974. The summed E-state index contributed by atoms with van der Waals surface area (Å²) >= 11 is 3.36. The minimum atomic E-state index is -0.436. The summed E-state index contributed by atoms with van der Waals surface area (Å²) in [7, 11) is 0. The predicted molar refractivity (Wildman–Crippen MR) is 56.5 cm³/mol. The quantitative estimate of drug-likeness (QED) is 0.629. The highest BCUT2D eigenvalue weighted by atomic mass is 79.9. The molecule has 0 fully saturated rings. The maximum Gasteiger partial charge on any atom is 0.173 e. The van der Waals surface area contributed by atoms with E-state index in [1.165, 1.54) is 0 Å². The molecule has 1 aliphatic heterocycles. The minimum absolute atomic E-state index is 0.436. The number of nitrogens with zero attached hydrogens (tertiary/aromatic N) is 1. The Bertz CT molecular complexity index is 374. The van der Waals surface area contributed by atoms with Gasteiger partial charge in [0.1, 0.15) is 5.84 Å². The lowest BCUT2D eigenvalue weighted by molar-refractivity contribution is 0.798. The zero-order valence-corrected chi connectivity index (χ0v) is 8.38. The number of hydrogen-bond donors (Lipinski definition) is 3. The summed E-state index contributed by atoms with van der Waals surface area (Å²) in [5, 5.41) is 3.01. The Morgan fingerprint density at radius 2 is 2.23 bits per heavy atom. The van der Waals surface area contributed by atoms with Crippen LogP contribution in [0.15, 0.2) is 27.7 Å². The van der Waals surface area contributed by atoms with E-state index in [0.29, 0.717) is 5.84 Å². The highest BCUT2D eigenvalue weighted by Crippen LogP contribution is 2.23. The van der Waals surface area contributed by atoms with E-state index in [9.17, 15) is 0 Å². The molecule has 1 unspecified atom stereocenters. The maximum atomic E-state index is 5.71. The van der Waals surface area contributed by atoms with Crippen LogP contribution in [0.4, 0.5) is 5.69 Å². The molecule has 0 radical (unpaired) electrons. The number of nitrogens with one attached hydrogen (secondary N) is 1. The molecule has 0 spiro atoms. The standard InChI is InChI=1S/C8H9BrN4/c9-4-1-2-6-5(3-4)7(10)13-8(11)12-6/h1-3,8,12H,11H2,(H2,10,13). The second-order valence-electron chi connectivity index (χ2n) is 2.79. The van der Waals surface area contributed by atoms with E-state index in [2.05, 4.69) is 26.2 Å². The predicted octanol–water partition coefficient (Wildman–Crippen LogP) is 0.822. The summed E-state index contributed by atoms with van der Waals surface area (Å²) in [5.41, 5.74) is 13.1. The van der Waals surface area contributed by atoms with Crippen molar-refractivity contribution in [1.29, 1.82) is 0 Å². The molecule has 68 valence electrons. The highest BCUT2D eigenvalue weighted by Gasteiger charge is 2.14. The molecule has 0 amide bonds. The van der Waals surface area contributed by atoms with Crippen molar-refractivity contribution in [2.75, 3.05) is 5.32 Å². The van der Waals surface area contributed by atoms with E-state index in [4.69, 9.17) is 11.5 Å². The molecule has 13 heavy (non-hydrogen) atoms. The molecule has 1 aromatic rings. The number of hydrogen-bond acceptors (Lipinski definition) is 4. The van der Waals surface area contributed by atoms with E-state index in [0.717, 1.165) is 15.7 Å². The number of rotatable bonds is 0. The Hall–Kier alpha value is -1.07. The van der Waals surface area contributed by atoms with E-state index in [1.807, 2.05) is 18.2 Å². The van der Waals surface area contributed by atoms with Gasteiger partial charge in [0.05, 0.1) is 0 Å². The van der Waals surface area contributed by atoms with Crippen LogP contribution in [-0.2, 0) is 0 Å². The van der Waals surface area contributed by atoms with Crippen LogP contribution in [0.1, 0.15) is 5.56 Å². The smallest absolute Gasteiger partial charge is 0.173 e. The van der Waals surface area contributed by atoms with Crippen molar-refractivity contribution < 1.29 is 0 Å². The average molecular weight is 241 g/mol. The first kappa shape index (κ1) is 8.52. The van der Waals surface area contributed by atoms with E-state index in [1.54, 1.807) is 0 Å². The molecule has 0 saturated carbocycles. The molecule has 1 aromatic carbocycles. The molecule has 0 bridgehead atoms. The zero-order chi connectivity index (χ0) is 9.42. The largest absolute Gasteiger partial charge is 0.383 e. The van der Waals surface area contributed by atoms with Gasteiger partial charge in [0.25, 0.3) is 0 Å². The Morgan fingerprint density at radius 3 is 3.00 bits per heavy atom. The molecular formula is C8H9BrN4. The second kappa shape index (κ2) is 3.01. The first-order valence-electron chi connectivity index (χ1n) is 3.82. The number of benzene rings is 1. The van der Waals surface area contributed by atoms with Crippen molar-refractivity contribution in [3.05, 3.63) is 28.2 Å². The fraction of sp³-hybridized carbons (Fsp3) is 0.125. The fourth-order valence-corrected chi connectivity index (χ4v) is 1.63. The minimum Gasteiger partial charge on any atom is -0.383 e. The third-order valence-electron chi connectivity index (χ3n) is 1.84. The Labute approximate surface area is 84.1 Å². The normalized spacial score (nSPS) is 20.2. The van der Waals surface area contributed by atoms with Crippen molar-refractivity contribution >= 4 is 27.5 Å². The lowest BCUT2D eigenvalue weighted by atomic mass is 10.1. The van der Waals surface area contributed by atoms with Crippen molar-refractivity contribution in [3.63, 3.8) is 0 Å². The molecule has 0 aliphatic carbocycles. The molecule has 2 rings (SSSR count). The topological polar surface area (TPSA) is 76.4 Å². The van der Waals surface area contributed by atoms with Gasteiger partial charge in [-0.15, -0.1) is 0 Å². The van der Waals surface area contributed by atoms with Gasteiger partial charge >= 0.3 is 0 Å². The van der Waals surface area contributed by atoms with Gasteiger partial charge in [0.15, 0.2) is 6.29 Å². The van der Waals surface area contributed by atoms with Crippen molar-refractivity contribution in [2.45, 2.75) is 6.29 Å². The monoisotopic (exact) mass is 240 g/mol. The summed E-state index contributed by atoms with van der Waals surface area (Å²) in [5.74, 6) is 0.475. The van der Waals surface area contributed by atoms with Crippen LogP contribution >= 0.6 is 15.9 Å². The SMILES string of the molecule is NC1=NC(N)Nc2ccc(Br)cc21. The number of halogens is 1. The van der Waals surface area contributed by atoms with Crippen molar-refractivity contribution in [2.24, 2.45) is 16.5 Å². The number of fused-ring (bicyclic) bond motifs is 1. The molecule has 0 saturated heterocycles. The lowest BCUT2D eigenvalue weighted by Crippen LogP contribution is -2.35. The van der Waals surface area contributed by atoms with Crippen molar-refractivity contribution in [3.8, 4) is 0 Å². The van der Waals surface area contributed by atoms with Gasteiger partial charge in [-0.1, -0.05) is 15.9 Å². The van der Waals surface area contributed by atoms with E-state index in [-0.39, 0.29) is 0 Å². The average Bonchev–Trinajstić information content (AvgIpc) is 2.06. The second-order valence-corrected chi connectivity index (χ2v) is 3.71. The van der Waals surface area contributed by atoms with Crippen LogP contribution in [0, 0.1) is 0 Å². The molecule has 4 nitrogen and oxygen atoms in total. The van der Waals surface area contributed by atoms with Crippen LogP contribution in [0.2, 0.25) is 0 Å². The molecule has 5 N–H and O–H groups in total. The summed E-state index contributed by atoms with van der Waals surface area (Å²) in [6.45, 7) is 0. The third kappa shape index (κ3) is 1.52. The van der Waals surface area contributed by atoms with Crippen LogP contribution in [0.3, 0.4) is 0 Å². The first-order valence-corrected chi connectivity index (χ1v) is 4.61. The Morgan fingerprint density at radius 1 is 1.46 bits per heavy atom. The van der Waals surface area contributed by atoms with Crippen LogP contribution in [0.25, 0.3) is 0 Å². The van der Waals surface area contributed by atoms with Gasteiger partial charge in [-0.3, -0.25) is 5.73 Å². The fourth-order valence-electron chi connectivity index (χ4n) is 1.27. The van der Waals surface area contributed by atoms with Gasteiger partial charge < -0.3 is 11.1 Å². The highest BCUT2D eigenvalue weighted by molar-refractivity contribution is 9.10. The molecule has 1 atom stereocenters. The molecular weight excluding hydrogens is 232 g/mol. The summed E-state index contributed by atoms with van der Waals surface area (Å²) in [4.78, 5) is 4.01. The number of anilines is 1. The lowest BCUT2D eigenvalue weighted by Gasteiger charge is -2.20. The number of amidine groups is 1. The summed E-state index contributed by atoms with van der Waals surface area (Å²) in [6, 6.07) is 5.75. The zero-order valence-electron chi connectivity index (χ0n) is 6.79. The van der Waals surface area contributed by atoms with E-state index < -0.39 is 6.29 Å². The summed E-state index contributed by atoms with van der Waals surface area (Å²) in [6.07, 6.45) is -0.436.